The van der Waals surface area contributed by atoms with Gasteiger partial charge in [-0.3, -0.25) is 0 Å². The number of hydrogen-bond acceptors (Lipinski definition) is 4. The average molecular weight is 266 g/mol. The molecule has 0 saturated heterocycles. The van der Waals surface area contributed by atoms with Gasteiger partial charge in [0.15, 0.2) is 0 Å². The lowest BCUT2D eigenvalue weighted by molar-refractivity contribution is 0.410. The lowest BCUT2D eigenvalue weighted by Gasteiger charge is -2.12. The number of methoxy groups -OCH3 is 1. The zero-order valence-corrected chi connectivity index (χ0v) is 11.2. The summed E-state index contributed by atoms with van der Waals surface area (Å²) in [5, 5.41) is 3.78. The van der Waals surface area contributed by atoms with Gasteiger partial charge in [0.05, 0.1) is 18.2 Å². The van der Waals surface area contributed by atoms with Crippen LogP contribution < -0.4 is 4.74 Å². The van der Waals surface area contributed by atoms with Crippen LogP contribution in [0, 0.1) is 13.8 Å². The van der Waals surface area contributed by atoms with Crippen LogP contribution in [-0.4, -0.2) is 24.7 Å². The van der Waals surface area contributed by atoms with Gasteiger partial charge < -0.3 is 4.74 Å². The zero-order valence-electron chi connectivity index (χ0n) is 10.4. The van der Waals surface area contributed by atoms with Crippen LogP contribution in [0.4, 0.5) is 0 Å². The van der Waals surface area contributed by atoms with E-state index in [0.717, 1.165) is 9.65 Å². The molecule has 1 aromatic heterocycles. The van der Waals surface area contributed by atoms with Crippen molar-refractivity contribution < 1.29 is 13.2 Å². The SMILES string of the molecule is COc1ccc(S(=O)(=O)n2cccn2)c(C)c1C. The summed E-state index contributed by atoms with van der Waals surface area (Å²) in [5.41, 5.74) is 1.48. The molecule has 0 saturated carbocycles. The molecule has 0 fully saturated rings. The third-order valence-electron chi connectivity index (χ3n) is 2.91. The third kappa shape index (κ3) is 1.88. The Labute approximate surface area is 106 Å². The van der Waals surface area contributed by atoms with Gasteiger partial charge in [-0.05, 0) is 43.2 Å². The minimum absolute atomic E-state index is 0.240. The van der Waals surface area contributed by atoms with Crippen LogP contribution in [0.25, 0.3) is 0 Å². The number of aromatic nitrogens is 2. The maximum absolute atomic E-state index is 12.3. The van der Waals surface area contributed by atoms with E-state index < -0.39 is 10.0 Å². The Morgan fingerprint density at radius 2 is 1.94 bits per heavy atom. The number of ether oxygens (including phenoxy) is 1. The molecule has 2 aromatic rings. The van der Waals surface area contributed by atoms with Crippen molar-refractivity contribution in [3.05, 3.63) is 41.7 Å². The fourth-order valence-electron chi connectivity index (χ4n) is 1.77. The van der Waals surface area contributed by atoms with Crippen molar-refractivity contribution in [1.29, 1.82) is 0 Å². The van der Waals surface area contributed by atoms with Crippen LogP contribution in [0.15, 0.2) is 35.5 Å². The molecule has 0 radical (unpaired) electrons. The van der Waals surface area contributed by atoms with Gasteiger partial charge in [0.1, 0.15) is 5.75 Å². The van der Waals surface area contributed by atoms with Crippen molar-refractivity contribution >= 4 is 10.0 Å². The molecule has 5 nitrogen and oxygen atoms in total. The monoisotopic (exact) mass is 266 g/mol. The highest BCUT2D eigenvalue weighted by molar-refractivity contribution is 7.89. The van der Waals surface area contributed by atoms with E-state index in [4.69, 9.17) is 4.74 Å². The number of rotatable bonds is 3. The van der Waals surface area contributed by atoms with Gasteiger partial charge in [-0.2, -0.15) is 17.6 Å². The van der Waals surface area contributed by atoms with E-state index in [1.165, 1.54) is 18.5 Å². The van der Waals surface area contributed by atoms with Gasteiger partial charge in [0.2, 0.25) is 0 Å². The molecule has 0 aliphatic heterocycles. The molecule has 6 heteroatoms. The Hall–Kier alpha value is -1.82. The van der Waals surface area contributed by atoms with E-state index in [2.05, 4.69) is 5.10 Å². The van der Waals surface area contributed by atoms with Gasteiger partial charge in [-0.25, -0.2) is 0 Å². The highest BCUT2D eigenvalue weighted by atomic mass is 32.2. The zero-order chi connectivity index (χ0) is 13.3. The van der Waals surface area contributed by atoms with Crippen LogP contribution >= 0.6 is 0 Å². The minimum Gasteiger partial charge on any atom is -0.496 e. The molecule has 0 N–H and O–H groups in total. The van der Waals surface area contributed by atoms with Crippen LogP contribution in [0.1, 0.15) is 11.1 Å². The third-order valence-corrected chi connectivity index (χ3v) is 4.62. The molecule has 0 aliphatic carbocycles. The molecule has 1 aromatic carbocycles. The molecule has 96 valence electrons. The Bertz CT molecular complexity index is 661. The van der Waals surface area contributed by atoms with Crippen LogP contribution in [0.3, 0.4) is 0 Å². The number of benzene rings is 1. The van der Waals surface area contributed by atoms with E-state index in [1.807, 2.05) is 6.92 Å². The highest BCUT2D eigenvalue weighted by Crippen LogP contribution is 2.27. The fraction of sp³-hybridized carbons (Fsp3) is 0.250. The van der Waals surface area contributed by atoms with Gasteiger partial charge in [-0.15, -0.1) is 0 Å². The second-order valence-electron chi connectivity index (χ2n) is 3.90. The van der Waals surface area contributed by atoms with Crippen molar-refractivity contribution in [2.24, 2.45) is 0 Å². The Balaban J connectivity index is 2.64. The Morgan fingerprint density at radius 3 is 2.50 bits per heavy atom. The Morgan fingerprint density at radius 1 is 1.22 bits per heavy atom. The van der Waals surface area contributed by atoms with E-state index >= 15 is 0 Å². The van der Waals surface area contributed by atoms with Gasteiger partial charge in [0.25, 0.3) is 10.0 Å². The minimum atomic E-state index is -3.62. The molecule has 0 amide bonds. The maximum atomic E-state index is 12.3. The summed E-state index contributed by atoms with van der Waals surface area (Å²) >= 11 is 0. The molecule has 0 unspecified atom stereocenters. The van der Waals surface area contributed by atoms with E-state index in [-0.39, 0.29) is 4.90 Å². The molecule has 0 spiro atoms. The van der Waals surface area contributed by atoms with Gasteiger partial charge in [0, 0.05) is 6.20 Å². The van der Waals surface area contributed by atoms with Crippen LogP contribution in [0.2, 0.25) is 0 Å². The number of hydrogen-bond donors (Lipinski definition) is 0. The second kappa shape index (κ2) is 4.45. The highest BCUT2D eigenvalue weighted by Gasteiger charge is 2.21. The summed E-state index contributed by atoms with van der Waals surface area (Å²) in [4.78, 5) is 0.240. The predicted octanol–water partition coefficient (Wildman–Crippen LogP) is 1.75. The normalized spacial score (nSPS) is 11.5. The molecular weight excluding hydrogens is 252 g/mol. The van der Waals surface area contributed by atoms with E-state index in [1.54, 1.807) is 26.2 Å². The van der Waals surface area contributed by atoms with Crippen LogP contribution in [-0.2, 0) is 10.0 Å². The second-order valence-corrected chi connectivity index (χ2v) is 5.66. The van der Waals surface area contributed by atoms with Crippen LogP contribution in [0.5, 0.6) is 5.75 Å². The predicted molar refractivity (Wildman–Crippen MR) is 67.3 cm³/mol. The van der Waals surface area contributed by atoms with Crippen molar-refractivity contribution in [3.8, 4) is 5.75 Å². The van der Waals surface area contributed by atoms with Crippen molar-refractivity contribution in [3.63, 3.8) is 0 Å². The molecule has 1 heterocycles. The average Bonchev–Trinajstić information content (AvgIpc) is 2.86. The quantitative estimate of drug-likeness (QED) is 0.849. The summed E-state index contributed by atoms with van der Waals surface area (Å²) in [6.07, 6.45) is 2.84. The molecule has 18 heavy (non-hydrogen) atoms. The standard InChI is InChI=1S/C12H14N2O3S/c1-9-10(2)12(6-5-11(9)17-3)18(15,16)14-8-4-7-13-14/h4-8H,1-3H3. The lowest BCUT2D eigenvalue weighted by atomic mass is 10.1. The summed E-state index contributed by atoms with van der Waals surface area (Å²) in [7, 11) is -2.06. The first-order valence-corrected chi connectivity index (χ1v) is 6.82. The van der Waals surface area contributed by atoms with Crippen molar-refractivity contribution in [2.75, 3.05) is 7.11 Å². The van der Waals surface area contributed by atoms with E-state index in [0.29, 0.717) is 11.3 Å². The smallest absolute Gasteiger partial charge is 0.283 e. The maximum Gasteiger partial charge on any atom is 0.283 e. The largest absolute Gasteiger partial charge is 0.496 e. The number of nitrogens with zero attached hydrogens (tertiary/aromatic N) is 2. The Kier molecular flexibility index (Phi) is 3.13. The summed E-state index contributed by atoms with van der Waals surface area (Å²) < 4.78 is 30.8. The fourth-order valence-corrected chi connectivity index (χ4v) is 3.16. The molecule has 0 aliphatic rings. The summed E-state index contributed by atoms with van der Waals surface area (Å²) in [6.45, 7) is 3.59. The van der Waals surface area contributed by atoms with Gasteiger partial charge >= 0.3 is 0 Å². The van der Waals surface area contributed by atoms with E-state index in [9.17, 15) is 8.42 Å². The first-order valence-electron chi connectivity index (χ1n) is 5.38. The van der Waals surface area contributed by atoms with Gasteiger partial charge in [-0.1, -0.05) is 0 Å². The first-order chi connectivity index (χ1) is 8.48. The molecule has 0 atom stereocenters. The molecular formula is C12H14N2O3S. The summed E-state index contributed by atoms with van der Waals surface area (Å²) in [6, 6.07) is 4.76. The summed E-state index contributed by atoms with van der Waals surface area (Å²) in [5.74, 6) is 0.673. The van der Waals surface area contributed by atoms with Crippen molar-refractivity contribution in [1.82, 2.24) is 9.19 Å². The lowest BCUT2D eigenvalue weighted by Crippen LogP contribution is -2.15. The first kappa shape index (κ1) is 12.6. The van der Waals surface area contributed by atoms with Crippen molar-refractivity contribution in [2.45, 2.75) is 18.7 Å². The molecule has 0 bridgehead atoms. The topological polar surface area (TPSA) is 61.2 Å². The molecule has 2 rings (SSSR count).